The van der Waals surface area contributed by atoms with Crippen LogP contribution in [-0.2, 0) is 0 Å². The zero-order valence-electron chi connectivity index (χ0n) is 7.51. The summed E-state index contributed by atoms with van der Waals surface area (Å²) >= 11 is 5.43. The normalized spacial score (nSPS) is 21.5. The highest BCUT2D eigenvalue weighted by molar-refractivity contribution is 9.10. The Labute approximate surface area is 91.4 Å². The van der Waals surface area contributed by atoms with Gasteiger partial charge in [-0.05, 0) is 24.1 Å². The minimum absolute atomic E-state index is 0.746. The highest BCUT2D eigenvalue weighted by Crippen LogP contribution is 2.33. The van der Waals surface area contributed by atoms with Gasteiger partial charge in [0.2, 0.25) is 0 Å². The van der Waals surface area contributed by atoms with Gasteiger partial charge in [-0.1, -0.05) is 22.9 Å². The predicted octanol–water partition coefficient (Wildman–Crippen LogP) is 3.60. The first-order valence-corrected chi connectivity index (χ1v) is 6.20. The molecule has 0 aromatic heterocycles. The first-order valence-electron chi connectivity index (χ1n) is 4.42. The van der Waals surface area contributed by atoms with E-state index in [0.29, 0.717) is 0 Å². The molecule has 1 aliphatic heterocycles. The van der Waals surface area contributed by atoms with Crippen LogP contribution in [0.2, 0.25) is 0 Å². The van der Waals surface area contributed by atoms with E-state index < -0.39 is 0 Å². The molecule has 1 N–H and O–H groups in total. The highest BCUT2D eigenvalue weighted by atomic mass is 79.9. The molecule has 13 heavy (non-hydrogen) atoms. The molecule has 2 rings (SSSR count). The largest absolute Gasteiger partial charge is 0.384 e. The minimum atomic E-state index is 0.746. The van der Waals surface area contributed by atoms with Crippen molar-refractivity contribution >= 4 is 33.4 Å². The third-order valence-electron chi connectivity index (χ3n) is 2.11. The van der Waals surface area contributed by atoms with Crippen LogP contribution in [0.3, 0.4) is 0 Å². The number of halogens is 1. The molecule has 0 bridgehead atoms. The van der Waals surface area contributed by atoms with Crippen molar-refractivity contribution in [3.8, 4) is 0 Å². The van der Waals surface area contributed by atoms with E-state index >= 15 is 0 Å². The van der Waals surface area contributed by atoms with Crippen molar-refractivity contribution in [3.63, 3.8) is 0 Å². The molecule has 1 nitrogen and oxygen atoms in total. The fraction of sp³-hybridized carbons (Fsp3) is 0.400. The van der Waals surface area contributed by atoms with E-state index in [1.165, 1.54) is 16.3 Å². The monoisotopic (exact) mass is 257 g/mol. The number of benzene rings is 1. The van der Waals surface area contributed by atoms with Crippen molar-refractivity contribution < 1.29 is 0 Å². The van der Waals surface area contributed by atoms with Crippen LogP contribution in [0.25, 0.3) is 0 Å². The van der Waals surface area contributed by atoms with Crippen LogP contribution < -0.4 is 5.32 Å². The lowest BCUT2D eigenvalue weighted by Gasteiger charge is -2.07. The van der Waals surface area contributed by atoms with E-state index in [1.54, 1.807) is 0 Å². The summed E-state index contributed by atoms with van der Waals surface area (Å²) in [5.41, 5.74) is 1.28. The molecule has 1 aromatic rings. The molecular weight excluding hydrogens is 246 g/mol. The molecule has 1 atom stereocenters. The van der Waals surface area contributed by atoms with Crippen LogP contribution >= 0.6 is 27.7 Å². The van der Waals surface area contributed by atoms with E-state index in [1.807, 2.05) is 11.8 Å². The fourth-order valence-electron chi connectivity index (χ4n) is 1.34. The second kappa shape index (κ2) is 3.93. The van der Waals surface area contributed by atoms with Crippen LogP contribution in [0, 0.1) is 5.92 Å². The number of anilines is 1. The van der Waals surface area contributed by atoms with Crippen molar-refractivity contribution in [2.75, 3.05) is 17.6 Å². The zero-order chi connectivity index (χ0) is 9.26. The second-order valence-electron chi connectivity index (χ2n) is 3.44. The Kier molecular flexibility index (Phi) is 2.84. The van der Waals surface area contributed by atoms with Crippen LogP contribution in [0.1, 0.15) is 6.92 Å². The Morgan fingerprint density at radius 3 is 3.23 bits per heavy atom. The van der Waals surface area contributed by atoms with E-state index in [4.69, 9.17) is 0 Å². The maximum Gasteiger partial charge on any atom is 0.0479 e. The number of hydrogen-bond donors (Lipinski definition) is 1. The molecule has 3 heteroatoms. The van der Waals surface area contributed by atoms with Gasteiger partial charge in [-0.2, -0.15) is 0 Å². The topological polar surface area (TPSA) is 12.0 Å². The molecule has 0 fully saturated rings. The van der Waals surface area contributed by atoms with Gasteiger partial charge in [-0.3, -0.25) is 0 Å². The van der Waals surface area contributed by atoms with E-state index in [-0.39, 0.29) is 0 Å². The number of fused-ring (bicyclic) bond motifs is 1. The Hall–Kier alpha value is -0.150. The lowest BCUT2D eigenvalue weighted by molar-refractivity contribution is 0.705. The molecule has 1 unspecified atom stereocenters. The van der Waals surface area contributed by atoms with Gasteiger partial charge in [0.15, 0.2) is 0 Å². The maximum atomic E-state index is 3.49. The number of hydrogen-bond acceptors (Lipinski definition) is 2. The molecule has 0 radical (unpaired) electrons. The summed E-state index contributed by atoms with van der Waals surface area (Å²) in [4.78, 5) is 1.36. The summed E-state index contributed by atoms with van der Waals surface area (Å²) in [7, 11) is 0. The predicted molar refractivity (Wildman–Crippen MR) is 62.5 cm³/mol. The third kappa shape index (κ3) is 2.20. The minimum Gasteiger partial charge on any atom is -0.384 e. The molecule has 0 spiro atoms. The smallest absolute Gasteiger partial charge is 0.0479 e. The standard InChI is InChI=1S/C10H12BrNS/c1-7-5-12-9-3-2-8(11)4-10(9)13-6-7/h2-4,7,12H,5-6H2,1H3. The molecule has 0 saturated heterocycles. The number of nitrogens with one attached hydrogen (secondary N) is 1. The Morgan fingerprint density at radius 2 is 2.38 bits per heavy atom. The van der Waals surface area contributed by atoms with Gasteiger partial charge in [-0.15, -0.1) is 11.8 Å². The van der Waals surface area contributed by atoms with Crippen molar-refractivity contribution in [1.29, 1.82) is 0 Å². The fourth-order valence-corrected chi connectivity index (χ4v) is 2.94. The molecule has 1 heterocycles. The average molecular weight is 258 g/mol. The van der Waals surface area contributed by atoms with Crippen LogP contribution in [0.4, 0.5) is 5.69 Å². The second-order valence-corrected chi connectivity index (χ2v) is 5.42. The summed E-state index contributed by atoms with van der Waals surface area (Å²) < 4.78 is 1.16. The molecule has 1 aliphatic rings. The van der Waals surface area contributed by atoms with Gasteiger partial charge in [-0.25, -0.2) is 0 Å². The molecule has 0 saturated carbocycles. The van der Waals surface area contributed by atoms with Gasteiger partial charge in [0.05, 0.1) is 0 Å². The molecule has 70 valence electrons. The SMILES string of the molecule is CC1CNc2ccc(Br)cc2SC1. The average Bonchev–Trinajstić information content (AvgIpc) is 2.29. The molecule has 1 aromatic carbocycles. The summed E-state index contributed by atoms with van der Waals surface area (Å²) in [5.74, 6) is 1.95. The third-order valence-corrected chi connectivity index (χ3v) is 3.99. The van der Waals surface area contributed by atoms with Crippen molar-refractivity contribution in [1.82, 2.24) is 0 Å². The molecule has 0 amide bonds. The lowest BCUT2D eigenvalue weighted by Crippen LogP contribution is -2.10. The highest BCUT2D eigenvalue weighted by Gasteiger charge is 2.12. The first kappa shape index (κ1) is 9.41. The van der Waals surface area contributed by atoms with Crippen LogP contribution in [0.5, 0.6) is 0 Å². The summed E-state index contributed by atoms with van der Waals surface area (Å²) in [6, 6.07) is 6.41. The Balaban J connectivity index is 2.30. The first-order chi connectivity index (χ1) is 6.25. The van der Waals surface area contributed by atoms with E-state index in [2.05, 4.69) is 46.4 Å². The van der Waals surface area contributed by atoms with Crippen molar-refractivity contribution in [2.45, 2.75) is 11.8 Å². The quantitative estimate of drug-likeness (QED) is 0.763. The van der Waals surface area contributed by atoms with Gasteiger partial charge in [0, 0.05) is 27.4 Å². The van der Waals surface area contributed by atoms with Crippen molar-refractivity contribution in [2.24, 2.45) is 5.92 Å². The van der Waals surface area contributed by atoms with Crippen LogP contribution in [0.15, 0.2) is 27.6 Å². The summed E-state index contributed by atoms with van der Waals surface area (Å²) in [5, 5.41) is 3.46. The summed E-state index contributed by atoms with van der Waals surface area (Å²) in [6.45, 7) is 3.36. The van der Waals surface area contributed by atoms with Crippen LogP contribution in [-0.4, -0.2) is 12.3 Å². The summed E-state index contributed by atoms with van der Waals surface area (Å²) in [6.07, 6.45) is 0. The van der Waals surface area contributed by atoms with Gasteiger partial charge in [0.25, 0.3) is 0 Å². The Bertz CT molecular complexity index is 314. The maximum absolute atomic E-state index is 3.49. The van der Waals surface area contributed by atoms with Crippen molar-refractivity contribution in [3.05, 3.63) is 22.7 Å². The number of rotatable bonds is 0. The van der Waals surface area contributed by atoms with Gasteiger partial charge in [0.1, 0.15) is 0 Å². The van der Waals surface area contributed by atoms with E-state index in [9.17, 15) is 0 Å². The zero-order valence-corrected chi connectivity index (χ0v) is 9.91. The van der Waals surface area contributed by atoms with Gasteiger partial charge < -0.3 is 5.32 Å². The number of thioether (sulfide) groups is 1. The van der Waals surface area contributed by atoms with Gasteiger partial charge >= 0.3 is 0 Å². The Morgan fingerprint density at radius 1 is 1.54 bits per heavy atom. The molecule has 0 aliphatic carbocycles. The lowest BCUT2D eigenvalue weighted by atomic mass is 10.2. The molecular formula is C10H12BrNS. The van der Waals surface area contributed by atoms with E-state index in [0.717, 1.165) is 16.9 Å².